The van der Waals surface area contributed by atoms with E-state index < -0.39 is 0 Å². The van der Waals surface area contributed by atoms with Crippen molar-refractivity contribution in [1.82, 2.24) is 20.2 Å². The van der Waals surface area contributed by atoms with E-state index in [0.29, 0.717) is 24.5 Å². The summed E-state index contributed by atoms with van der Waals surface area (Å²) >= 11 is 0. The SMILES string of the molecule is NCCn1nnnc1-c1cccc(F)c1. The smallest absolute Gasteiger partial charge is 0.182 e. The molecule has 1 aromatic heterocycles. The molecule has 0 fully saturated rings. The first-order valence-corrected chi connectivity index (χ1v) is 4.53. The van der Waals surface area contributed by atoms with Crippen LogP contribution in [0.5, 0.6) is 0 Å². The lowest BCUT2D eigenvalue weighted by molar-refractivity contribution is 0.601. The van der Waals surface area contributed by atoms with Crippen LogP contribution < -0.4 is 5.73 Å². The van der Waals surface area contributed by atoms with Gasteiger partial charge in [0.15, 0.2) is 5.82 Å². The molecule has 0 aliphatic heterocycles. The molecule has 0 atom stereocenters. The molecule has 0 saturated heterocycles. The molecule has 78 valence electrons. The highest BCUT2D eigenvalue weighted by molar-refractivity contribution is 5.54. The first kappa shape index (κ1) is 9.72. The Bertz CT molecular complexity index is 453. The fourth-order valence-electron chi connectivity index (χ4n) is 1.31. The minimum Gasteiger partial charge on any atom is -0.329 e. The van der Waals surface area contributed by atoms with Crippen LogP contribution in [0, 0.1) is 5.82 Å². The normalized spacial score (nSPS) is 10.5. The highest BCUT2D eigenvalue weighted by Crippen LogP contribution is 2.16. The molecular weight excluding hydrogens is 197 g/mol. The monoisotopic (exact) mass is 207 g/mol. The van der Waals surface area contributed by atoms with Crippen LogP contribution >= 0.6 is 0 Å². The van der Waals surface area contributed by atoms with Crippen LogP contribution in [0.15, 0.2) is 24.3 Å². The molecule has 15 heavy (non-hydrogen) atoms. The van der Waals surface area contributed by atoms with Crippen LogP contribution in [0.3, 0.4) is 0 Å². The van der Waals surface area contributed by atoms with Crippen LogP contribution in [0.4, 0.5) is 4.39 Å². The molecule has 0 aliphatic rings. The molecule has 5 nitrogen and oxygen atoms in total. The maximum Gasteiger partial charge on any atom is 0.182 e. The molecular formula is C9H10FN5. The standard InChI is InChI=1S/C9H10FN5/c10-8-3-1-2-7(6-8)9-12-13-14-15(9)5-4-11/h1-3,6H,4-5,11H2. The van der Waals surface area contributed by atoms with Gasteiger partial charge in [0.1, 0.15) is 5.82 Å². The molecule has 0 amide bonds. The molecule has 0 spiro atoms. The third-order valence-corrected chi connectivity index (χ3v) is 1.96. The number of hydrogen-bond donors (Lipinski definition) is 1. The molecule has 1 heterocycles. The molecule has 2 aromatic rings. The zero-order chi connectivity index (χ0) is 10.7. The van der Waals surface area contributed by atoms with E-state index in [9.17, 15) is 4.39 Å². The van der Waals surface area contributed by atoms with E-state index in [0.717, 1.165) is 0 Å². The third-order valence-electron chi connectivity index (χ3n) is 1.96. The van der Waals surface area contributed by atoms with Gasteiger partial charge in [-0.15, -0.1) is 5.10 Å². The summed E-state index contributed by atoms with van der Waals surface area (Å²) in [5.74, 6) is 0.217. The average molecular weight is 207 g/mol. The summed E-state index contributed by atoms with van der Waals surface area (Å²) in [5.41, 5.74) is 6.05. The first-order chi connectivity index (χ1) is 7.31. The zero-order valence-corrected chi connectivity index (χ0v) is 7.97. The number of tetrazole rings is 1. The summed E-state index contributed by atoms with van der Waals surface area (Å²) < 4.78 is 14.5. The second kappa shape index (κ2) is 4.14. The Morgan fingerprint density at radius 3 is 3.00 bits per heavy atom. The van der Waals surface area contributed by atoms with Crippen molar-refractivity contribution >= 4 is 0 Å². The molecule has 1 aromatic carbocycles. The van der Waals surface area contributed by atoms with Gasteiger partial charge in [0.25, 0.3) is 0 Å². The molecule has 2 rings (SSSR count). The van der Waals surface area contributed by atoms with Crippen LogP contribution in [-0.4, -0.2) is 26.8 Å². The Balaban J connectivity index is 2.40. The number of aromatic nitrogens is 4. The highest BCUT2D eigenvalue weighted by Gasteiger charge is 2.08. The van der Waals surface area contributed by atoms with Gasteiger partial charge in [0.2, 0.25) is 0 Å². The van der Waals surface area contributed by atoms with E-state index in [2.05, 4.69) is 15.5 Å². The number of rotatable bonds is 3. The van der Waals surface area contributed by atoms with Crippen molar-refractivity contribution in [3.63, 3.8) is 0 Å². The second-order valence-electron chi connectivity index (χ2n) is 3.02. The molecule has 0 radical (unpaired) electrons. The number of nitrogens with zero attached hydrogens (tertiary/aromatic N) is 4. The number of nitrogens with two attached hydrogens (primary N) is 1. The quantitative estimate of drug-likeness (QED) is 0.792. The Labute approximate surface area is 85.7 Å². The molecule has 0 unspecified atom stereocenters. The van der Waals surface area contributed by atoms with Gasteiger partial charge >= 0.3 is 0 Å². The fraction of sp³-hybridized carbons (Fsp3) is 0.222. The van der Waals surface area contributed by atoms with Gasteiger partial charge in [-0.05, 0) is 22.6 Å². The second-order valence-corrected chi connectivity index (χ2v) is 3.02. The Morgan fingerprint density at radius 1 is 1.40 bits per heavy atom. The van der Waals surface area contributed by atoms with Crippen molar-refractivity contribution in [3.05, 3.63) is 30.1 Å². The van der Waals surface area contributed by atoms with Crippen LogP contribution in [-0.2, 0) is 6.54 Å². The van der Waals surface area contributed by atoms with E-state index >= 15 is 0 Å². The summed E-state index contributed by atoms with van der Waals surface area (Å²) in [5, 5.41) is 11.1. The van der Waals surface area contributed by atoms with E-state index in [1.807, 2.05) is 0 Å². The lowest BCUT2D eigenvalue weighted by atomic mass is 10.2. The Kier molecular flexibility index (Phi) is 2.68. The van der Waals surface area contributed by atoms with E-state index in [1.54, 1.807) is 16.8 Å². The minimum absolute atomic E-state index is 0.310. The van der Waals surface area contributed by atoms with Crippen LogP contribution in [0.2, 0.25) is 0 Å². The van der Waals surface area contributed by atoms with Gasteiger partial charge in [-0.1, -0.05) is 12.1 Å². The predicted octanol–water partition coefficient (Wildman–Crippen LogP) is 0.438. The van der Waals surface area contributed by atoms with Gasteiger partial charge in [0, 0.05) is 12.1 Å². The predicted molar refractivity (Wildman–Crippen MR) is 52.3 cm³/mol. The lowest BCUT2D eigenvalue weighted by Gasteiger charge is -2.02. The summed E-state index contributed by atoms with van der Waals surface area (Å²) in [6.07, 6.45) is 0. The largest absolute Gasteiger partial charge is 0.329 e. The summed E-state index contributed by atoms with van der Waals surface area (Å²) in [6.45, 7) is 0.951. The van der Waals surface area contributed by atoms with Crippen molar-refractivity contribution in [2.75, 3.05) is 6.54 Å². The van der Waals surface area contributed by atoms with Gasteiger partial charge in [-0.25, -0.2) is 9.07 Å². The van der Waals surface area contributed by atoms with Crippen LogP contribution in [0.1, 0.15) is 0 Å². The molecule has 2 N–H and O–H groups in total. The van der Waals surface area contributed by atoms with Crippen molar-refractivity contribution < 1.29 is 4.39 Å². The maximum absolute atomic E-state index is 13.0. The van der Waals surface area contributed by atoms with Crippen LogP contribution in [0.25, 0.3) is 11.4 Å². The Hall–Kier alpha value is -1.82. The fourth-order valence-corrected chi connectivity index (χ4v) is 1.31. The minimum atomic E-state index is -0.310. The molecule has 0 bridgehead atoms. The van der Waals surface area contributed by atoms with Crippen molar-refractivity contribution in [1.29, 1.82) is 0 Å². The maximum atomic E-state index is 13.0. The Morgan fingerprint density at radius 2 is 2.27 bits per heavy atom. The summed E-state index contributed by atoms with van der Waals surface area (Å²) in [4.78, 5) is 0. The van der Waals surface area contributed by atoms with Crippen molar-refractivity contribution in [2.45, 2.75) is 6.54 Å². The van der Waals surface area contributed by atoms with Gasteiger partial charge in [0.05, 0.1) is 6.54 Å². The third kappa shape index (κ3) is 1.99. The first-order valence-electron chi connectivity index (χ1n) is 4.53. The van der Waals surface area contributed by atoms with Crippen molar-refractivity contribution in [3.8, 4) is 11.4 Å². The summed E-state index contributed by atoms with van der Waals surface area (Å²) in [6, 6.07) is 6.13. The number of benzene rings is 1. The van der Waals surface area contributed by atoms with E-state index in [4.69, 9.17) is 5.73 Å². The molecule has 0 aliphatic carbocycles. The molecule has 6 heteroatoms. The van der Waals surface area contributed by atoms with E-state index in [-0.39, 0.29) is 5.82 Å². The van der Waals surface area contributed by atoms with Gasteiger partial charge < -0.3 is 5.73 Å². The van der Waals surface area contributed by atoms with Gasteiger partial charge in [-0.3, -0.25) is 0 Å². The average Bonchev–Trinajstić information content (AvgIpc) is 2.66. The topological polar surface area (TPSA) is 69.6 Å². The number of hydrogen-bond acceptors (Lipinski definition) is 4. The zero-order valence-electron chi connectivity index (χ0n) is 7.97. The van der Waals surface area contributed by atoms with Crippen molar-refractivity contribution in [2.24, 2.45) is 5.73 Å². The lowest BCUT2D eigenvalue weighted by Crippen LogP contribution is -2.12. The highest BCUT2D eigenvalue weighted by atomic mass is 19.1. The number of halogens is 1. The van der Waals surface area contributed by atoms with Gasteiger partial charge in [-0.2, -0.15) is 0 Å². The molecule has 0 saturated carbocycles. The van der Waals surface area contributed by atoms with E-state index in [1.165, 1.54) is 12.1 Å². The summed E-state index contributed by atoms with van der Waals surface area (Å²) in [7, 11) is 0.